The van der Waals surface area contributed by atoms with Gasteiger partial charge in [-0.1, -0.05) is 155 Å². The molecule has 8 nitrogen and oxygen atoms in total. The molecule has 3 unspecified atom stereocenters. The summed E-state index contributed by atoms with van der Waals surface area (Å²) in [7, 11) is 1.22. The maximum atomic E-state index is 12.7. The fraction of sp³-hybridized carbons (Fsp3) is 0.596. The van der Waals surface area contributed by atoms with Gasteiger partial charge >= 0.3 is 0 Å². The molecule has 0 aliphatic rings. The zero-order chi connectivity index (χ0) is 41.4. The summed E-state index contributed by atoms with van der Waals surface area (Å²) >= 11 is 0. The average molecular weight is 799 g/mol. The van der Waals surface area contributed by atoms with E-state index in [-0.39, 0.29) is 12.5 Å². The molecule has 0 radical (unpaired) electrons. The third-order valence-electron chi connectivity index (χ3n) is 8.47. The van der Waals surface area contributed by atoms with Gasteiger partial charge in [0.1, 0.15) is 13.2 Å². The molecule has 0 heterocycles. The predicted octanol–water partition coefficient (Wildman–Crippen LogP) is 11.1. The first-order chi connectivity index (χ1) is 27.0. The minimum absolute atomic E-state index is 0.0125. The van der Waals surface area contributed by atoms with Crippen molar-refractivity contribution in [3.63, 3.8) is 0 Å². The van der Waals surface area contributed by atoms with Crippen LogP contribution in [0.15, 0.2) is 109 Å². The monoisotopic (exact) mass is 799 g/mol. The summed E-state index contributed by atoms with van der Waals surface area (Å²) in [5.41, 5.74) is 0. The van der Waals surface area contributed by atoms with Crippen LogP contribution in [0, 0.1) is 0 Å². The van der Waals surface area contributed by atoms with E-state index >= 15 is 0 Å². The van der Waals surface area contributed by atoms with Gasteiger partial charge in [-0.3, -0.25) is 9.36 Å². The Morgan fingerprint density at radius 2 is 1.09 bits per heavy atom. The van der Waals surface area contributed by atoms with Gasteiger partial charge in [-0.15, -0.1) is 0 Å². The Kier molecular flexibility index (Phi) is 35.8. The third-order valence-corrected chi connectivity index (χ3v) is 9.43. The highest BCUT2D eigenvalue weighted by atomic mass is 31.2. The van der Waals surface area contributed by atoms with E-state index in [1.165, 1.54) is 0 Å². The zero-order valence-electron chi connectivity index (χ0n) is 35.8. The van der Waals surface area contributed by atoms with E-state index in [0.717, 1.165) is 109 Å². The maximum Gasteiger partial charge on any atom is 0.268 e. The van der Waals surface area contributed by atoms with Gasteiger partial charge < -0.3 is 28.8 Å². The largest absolute Gasteiger partial charge is 0.756 e. The summed E-state index contributed by atoms with van der Waals surface area (Å²) in [5, 5.41) is 13.4. The van der Waals surface area contributed by atoms with Crippen molar-refractivity contribution >= 4 is 13.7 Å². The van der Waals surface area contributed by atoms with E-state index in [9.17, 15) is 19.4 Å². The Bertz CT molecular complexity index is 1270. The number of quaternary nitrogens is 1. The highest BCUT2D eigenvalue weighted by Gasteiger charge is 2.23. The standard InChI is InChI=1S/C47H79N2O6P/c1-6-8-10-11-12-13-14-15-16-17-18-19-20-21-22-23-24-25-26-27-28-29-30-31-32-33-34-35-36-37-39-41-47(51)48-45(46(50)40-38-9-7-2)44-55-56(52,53)54-43-42-49(3,4)5/h8,10,12-13,15-16,18-19,21-22,24-25,27-28,30-31,38,40,45-46,50H,6-7,9,11,14,17,20,23,26,29,32-37,39,41-44H2,1-5H3,(H-,48,51,52,53)/b10-8-,13-12-,16-15-,19-18-,22-21-,25-24-,28-27-,31-30-,40-38+. The van der Waals surface area contributed by atoms with Gasteiger partial charge in [-0.05, 0) is 77.0 Å². The summed E-state index contributed by atoms with van der Waals surface area (Å²) in [4.78, 5) is 24.9. The maximum absolute atomic E-state index is 12.7. The molecule has 9 heteroatoms. The van der Waals surface area contributed by atoms with Crippen molar-refractivity contribution in [3.8, 4) is 0 Å². The first-order valence-corrected chi connectivity index (χ1v) is 22.7. The molecule has 0 aliphatic carbocycles. The number of carbonyl (C=O) groups excluding carboxylic acids is 1. The second-order valence-electron chi connectivity index (χ2n) is 15.0. The fourth-order valence-corrected chi connectivity index (χ4v) is 5.84. The Hall–Kier alpha value is -2.84. The number of carbonyl (C=O) groups is 1. The number of nitrogens with zero attached hydrogens (tertiary/aromatic N) is 1. The zero-order valence-corrected chi connectivity index (χ0v) is 36.7. The van der Waals surface area contributed by atoms with Crippen LogP contribution in [0.5, 0.6) is 0 Å². The van der Waals surface area contributed by atoms with Crippen molar-refractivity contribution in [2.24, 2.45) is 0 Å². The lowest BCUT2D eigenvalue weighted by molar-refractivity contribution is -0.870. The van der Waals surface area contributed by atoms with E-state index in [0.29, 0.717) is 17.4 Å². The van der Waals surface area contributed by atoms with Gasteiger partial charge in [-0.2, -0.15) is 0 Å². The Morgan fingerprint density at radius 1 is 0.643 bits per heavy atom. The summed E-state index contributed by atoms with van der Waals surface area (Å²) in [6.45, 7) is 4.25. The number of aliphatic hydroxyl groups is 1. The molecule has 0 bridgehead atoms. The van der Waals surface area contributed by atoms with E-state index < -0.39 is 26.6 Å². The van der Waals surface area contributed by atoms with Gasteiger partial charge in [0.2, 0.25) is 5.91 Å². The second kappa shape index (κ2) is 37.7. The quantitative estimate of drug-likeness (QED) is 0.0283. The van der Waals surface area contributed by atoms with Crippen molar-refractivity contribution in [1.29, 1.82) is 0 Å². The SMILES string of the molecule is CC/C=C\C/C=C\C/C=C\C/C=C\C/C=C\C/C=C\C/C=C\C/C=C\CCCCCCCCC(=O)NC(COP(=O)([O-])OCC[N+](C)(C)C)C(O)/C=C/CCC. The molecule has 0 saturated carbocycles. The highest BCUT2D eigenvalue weighted by molar-refractivity contribution is 7.45. The number of nitrogens with one attached hydrogen (secondary N) is 1. The molecule has 1 amide bonds. The van der Waals surface area contributed by atoms with E-state index in [1.807, 2.05) is 34.1 Å². The van der Waals surface area contributed by atoms with E-state index in [1.54, 1.807) is 6.08 Å². The molecular formula is C47H79N2O6P. The molecule has 2 N–H and O–H groups in total. The van der Waals surface area contributed by atoms with Crippen LogP contribution < -0.4 is 10.2 Å². The molecular weight excluding hydrogens is 719 g/mol. The first-order valence-electron chi connectivity index (χ1n) is 21.2. The normalized spacial score (nSPS) is 15.5. The summed E-state index contributed by atoms with van der Waals surface area (Å²) < 4.78 is 22.8. The lowest BCUT2D eigenvalue weighted by Gasteiger charge is -2.29. The van der Waals surface area contributed by atoms with Crippen LogP contribution in [-0.4, -0.2) is 68.5 Å². The topological polar surface area (TPSA) is 108 Å². The van der Waals surface area contributed by atoms with Gasteiger partial charge in [-0.25, -0.2) is 0 Å². The number of phosphoric ester groups is 1. The third kappa shape index (κ3) is 39.4. The molecule has 0 saturated heterocycles. The van der Waals surface area contributed by atoms with Crippen LogP contribution in [0.2, 0.25) is 0 Å². The number of hydrogen-bond donors (Lipinski definition) is 2. The molecule has 3 atom stereocenters. The fourth-order valence-electron chi connectivity index (χ4n) is 5.11. The molecule has 0 aliphatic heterocycles. The highest BCUT2D eigenvalue weighted by Crippen LogP contribution is 2.38. The molecule has 0 aromatic carbocycles. The molecule has 0 aromatic heterocycles. The number of aliphatic hydroxyl groups excluding tert-OH is 1. The molecule has 56 heavy (non-hydrogen) atoms. The van der Waals surface area contributed by atoms with Gasteiger partial charge in [0.05, 0.1) is 39.9 Å². The van der Waals surface area contributed by atoms with E-state index in [4.69, 9.17) is 9.05 Å². The van der Waals surface area contributed by atoms with Gasteiger partial charge in [0.15, 0.2) is 0 Å². The van der Waals surface area contributed by atoms with Crippen LogP contribution >= 0.6 is 7.82 Å². The first kappa shape index (κ1) is 53.2. The molecule has 0 fully saturated rings. The molecule has 0 rings (SSSR count). The second-order valence-corrected chi connectivity index (χ2v) is 16.4. The number of unbranched alkanes of at least 4 members (excludes halogenated alkanes) is 7. The number of phosphoric acid groups is 1. The number of amides is 1. The van der Waals surface area contributed by atoms with Crippen LogP contribution in [0.3, 0.4) is 0 Å². The van der Waals surface area contributed by atoms with Crippen molar-refractivity contribution in [1.82, 2.24) is 5.32 Å². The molecule has 0 spiro atoms. The van der Waals surface area contributed by atoms with Gasteiger partial charge in [0.25, 0.3) is 7.82 Å². The number of allylic oxidation sites excluding steroid dienone is 17. The smallest absolute Gasteiger partial charge is 0.268 e. The minimum Gasteiger partial charge on any atom is -0.756 e. The minimum atomic E-state index is -4.57. The number of rotatable bonds is 36. The van der Waals surface area contributed by atoms with Crippen molar-refractivity contribution in [2.45, 2.75) is 142 Å². The lowest BCUT2D eigenvalue weighted by atomic mass is 10.1. The Balaban J connectivity index is 4.02. The predicted molar refractivity (Wildman–Crippen MR) is 237 cm³/mol. The summed E-state index contributed by atoms with van der Waals surface area (Å²) in [6, 6.07) is -0.897. The van der Waals surface area contributed by atoms with Crippen LogP contribution in [0.1, 0.15) is 129 Å². The number of hydrogen-bond acceptors (Lipinski definition) is 6. The van der Waals surface area contributed by atoms with Crippen LogP contribution in [0.25, 0.3) is 0 Å². The summed E-state index contributed by atoms with van der Waals surface area (Å²) in [6.07, 6.45) is 55.2. The molecule has 318 valence electrons. The van der Waals surface area contributed by atoms with Crippen molar-refractivity contribution in [3.05, 3.63) is 109 Å². The van der Waals surface area contributed by atoms with Crippen LogP contribution in [-0.2, 0) is 18.4 Å². The van der Waals surface area contributed by atoms with Crippen molar-refractivity contribution in [2.75, 3.05) is 40.9 Å². The number of likely N-dealkylation sites (N-methyl/N-ethyl adjacent to an activating group) is 1. The molecule has 0 aromatic rings. The average Bonchev–Trinajstić information content (AvgIpc) is 3.15. The van der Waals surface area contributed by atoms with E-state index in [2.05, 4.69) is 109 Å². The Morgan fingerprint density at radius 3 is 1.55 bits per heavy atom. The summed E-state index contributed by atoms with van der Waals surface area (Å²) in [5.74, 6) is -0.232. The van der Waals surface area contributed by atoms with Crippen LogP contribution in [0.4, 0.5) is 0 Å². The lowest BCUT2D eigenvalue weighted by Crippen LogP contribution is -2.45. The Labute approximate surface area is 342 Å². The van der Waals surface area contributed by atoms with Crippen molar-refractivity contribution < 1.29 is 32.9 Å². The van der Waals surface area contributed by atoms with Gasteiger partial charge in [0, 0.05) is 6.42 Å².